The van der Waals surface area contributed by atoms with Crippen LogP contribution in [-0.4, -0.2) is 15.1 Å². The second kappa shape index (κ2) is 5.48. The highest BCUT2D eigenvalue weighted by Crippen LogP contribution is 2.17. The number of hydrogen-bond donors (Lipinski definition) is 1. The smallest absolute Gasteiger partial charge is 0.217 e. The fraction of sp³-hybridized carbons (Fsp3) is 0.375. The molecule has 0 unspecified atom stereocenters. The molecule has 1 aromatic carbocycles. The van der Waals surface area contributed by atoms with E-state index in [2.05, 4.69) is 56.2 Å². The van der Waals surface area contributed by atoms with E-state index in [4.69, 9.17) is 5.26 Å². The molecule has 2 rings (SSSR count). The molecule has 20 heavy (non-hydrogen) atoms. The Hall–Kier alpha value is -2.12. The second-order valence-corrected chi connectivity index (χ2v) is 5.95. The number of nitriles is 1. The van der Waals surface area contributed by atoms with E-state index in [1.807, 2.05) is 6.07 Å². The molecular formula is C16H20N4. The van der Waals surface area contributed by atoms with Crippen molar-refractivity contribution in [1.82, 2.24) is 14.9 Å². The van der Waals surface area contributed by atoms with Crippen molar-refractivity contribution in [3.8, 4) is 11.8 Å². The Bertz CT molecular complexity index is 641. The summed E-state index contributed by atoms with van der Waals surface area (Å²) in [5.41, 5.74) is 3.54. The molecule has 1 N–H and O–H groups in total. The fourth-order valence-corrected chi connectivity index (χ4v) is 1.98. The Kier molecular flexibility index (Phi) is 3.91. The van der Waals surface area contributed by atoms with Crippen LogP contribution in [0, 0.1) is 18.3 Å². The molecule has 0 fully saturated rings. The molecule has 1 heterocycles. The van der Waals surface area contributed by atoms with Crippen LogP contribution in [0.5, 0.6) is 0 Å². The Labute approximate surface area is 120 Å². The number of aryl methyl sites for hydroxylation is 1. The molecular weight excluding hydrogens is 248 g/mol. The summed E-state index contributed by atoms with van der Waals surface area (Å²) in [6.07, 6.45) is 3.45. The molecule has 0 radical (unpaired) electrons. The van der Waals surface area contributed by atoms with Crippen molar-refractivity contribution in [1.29, 1.82) is 5.26 Å². The average molecular weight is 268 g/mol. The number of imidazole rings is 1. The van der Waals surface area contributed by atoms with Gasteiger partial charge in [0.15, 0.2) is 0 Å². The minimum absolute atomic E-state index is 0.101. The molecule has 0 spiro atoms. The van der Waals surface area contributed by atoms with Gasteiger partial charge in [0, 0.05) is 30.2 Å². The zero-order valence-electron chi connectivity index (χ0n) is 12.4. The molecule has 4 nitrogen and oxygen atoms in total. The van der Waals surface area contributed by atoms with Gasteiger partial charge in [-0.3, -0.25) is 4.57 Å². The standard InChI is InChI=1S/C16H20N4/c1-12-9-14(20-8-7-18-15(20)10-17)6-5-13(12)11-19-16(2,3)4/h5-9,19H,11H2,1-4H3. The summed E-state index contributed by atoms with van der Waals surface area (Å²) in [6.45, 7) is 9.39. The molecule has 0 atom stereocenters. The normalized spacial score (nSPS) is 11.3. The third kappa shape index (κ3) is 3.25. The molecule has 0 saturated heterocycles. The first kappa shape index (κ1) is 14.3. The fourth-order valence-electron chi connectivity index (χ4n) is 1.98. The van der Waals surface area contributed by atoms with Crippen molar-refractivity contribution in [2.45, 2.75) is 39.8 Å². The van der Waals surface area contributed by atoms with Crippen molar-refractivity contribution in [2.24, 2.45) is 0 Å². The number of hydrogen-bond acceptors (Lipinski definition) is 3. The summed E-state index contributed by atoms with van der Waals surface area (Å²) in [4.78, 5) is 4.02. The second-order valence-electron chi connectivity index (χ2n) is 5.95. The monoisotopic (exact) mass is 268 g/mol. The number of rotatable bonds is 3. The largest absolute Gasteiger partial charge is 0.308 e. The van der Waals surface area contributed by atoms with Gasteiger partial charge in [-0.1, -0.05) is 6.07 Å². The maximum Gasteiger partial charge on any atom is 0.217 e. The summed E-state index contributed by atoms with van der Waals surface area (Å²) in [5.74, 6) is 0.407. The Balaban J connectivity index is 2.25. The first-order valence-corrected chi connectivity index (χ1v) is 6.69. The van der Waals surface area contributed by atoms with Gasteiger partial charge >= 0.3 is 0 Å². The highest BCUT2D eigenvalue weighted by Gasteiger charge is 2.10. The van der Waals surface area contributed by atoms with E-state index in [9.17, 15) is 0 Å². The third-order valence-corrected chi connectivity index (χ3v) is 3.15. The van der Waals surface area contributed by atoms with Crippen molar-refractivity contribution in [2.75, 3.05) is 0 Å². The topological polar surface area (TPSA) is 53.6 Å². The Morgan fingerprint density at radius 1 is 1.35 bits per heavy atom. The quantitative estimate of drug-likeness (QED) is 0.931. The van der Waals surface area contributed by atoms with Crippen LogP contribution in [0.2, 0.25) is 0 Å². The molecule has 0 bridgehead atoms. The molecule has 2 aromatic rings. The highest BCUT2D eigenvalue weighted by atomic mass is 15.1. The zero-order chi connectivity index (χ0) is 14.8. The van der Waals surface area contributed by atoms with Gasteiger partial charge in [-0.05, 0) is 51.0 Å². The van der Waals surface area contributed by atoms with Gasteiger partial charge in [0.25, 0.3) is 0 Å². The molecule has 0 amide bonds. The molecule has 0 aliphatic rings. The summed E-state index contributed by atoms with van der Waals surface area (Å²) in [5, 5.41) is 12.5. The lowest BCUT2D eigenvalue weighted by Crippen LogP contribution is -2.35. The number of nitrogens with zero attached hydrogens (tertiary/aromatic N) is 3. The maximum atomic E-state index is 9.02. The van der Waals surface area contributed by atoms with Crippen molar-refractivity contribution in [3.63, 3.8) is 0 Å². The van der Waals surface area contributed by atoms with Crippen LogP contribution in [0.1, 0.15) is 37.7 Å². The highest BCUT2D eigenvalue weighted by molar-refractivity contribution is 5.42. The van der Waals surface area contributed by atoms with Crippen molar-refractivity contribution >= 4 is 0 Å². The maximum absolute atomic E-state index is 9.02. The average Bonchev–Trinajstić information content (AvgIpc) is 2.84. The van der Waals surface area contributed by atoms with E-state index in [0.717, 1.165) is 12.2 Å². The minimum atomic E-state index is 0.101. The lowest BCUT2D eigenvalue weighted by atomic mass is 10.0. The van der Waals surface area contributed by atoms with E-state index >= 15 is 0 Å². The van der Waals surface area contributed by atoms with Gasteiger partial charge < -0.3 is 5.32 Å². The van der Waals surface area contributed by atoms with Crippen LogP contribution in [0.25, 0.3) is 5.69 Å². The molecule has 1 aromatic heterocycles. The first-order valence-electron chi connectivity index (χ1n) is 6.69. The van der Waals surface area contributed by atoms with Gasteiger partial charge in [0.1, 0.15) is 6.07 Å². The lowest BCUT2D eigenvalue weighted by Gasteiger charge is -2.21. The predicted octanol–water partition coefficient (Wildman–Crippen LogP) is 2.94. The summed E-state index contributed by atoms with van der Waals surface area (Å²) < 4.78 is 1.80. The predicted molar refractivity (Wildman–Crippen MR) is 79.6 cm³/mol. The van der Waals surface area contributed by atoms with E-state index in [0.29, 0.717) is 5.82 Å². The van der Waals surface area contributed by atoms with E-state index < -0.39 is 0 Å². The van der Waals surface area contributed by atoms with E-state index in [-0.39, 0.29) is 5.54 Å². The zero-order valence-corrected chi connectivity index (χ0v) is 12.4. The van der Waals surface area contributed by atoms with Crippen LogP contribution < -0.4 is 5.32 Å². The van der Waals surface area contributed by atoms with E-state index in [1.54, 1.807) is 17.0 Å². The Morgan fingerprint density at radius 3 is 2.70 bits per heavy atom. The number of nitrogens with one attached hydrogen (secondary N) is 1. The van der Waals surface area contributed by atoms with Crippen LogP contribution in [-0.2, 0) is 6.54 Å². The van der Waals surface area contributed by atoms with Gasteiger partial charge in [0.05, 0.1) is 0 Å². The van der Waals surface area contributed by atoms with Gasteiger partial charge in [-0.25, -0.2) is 4.98 Å². The van der Waals surface area contributed by atoms with Crippen LogP contribution in [0.15, 0.2) is 30.6 Å². The minimum Gasteiger partial charge on any atom is -0.308 e. The van der Waals surface area contributed by atoms with Gasteiger partial charge in [-0.15, -0.1) is 0 Å². The third-order valence-electron chi connectivity index (χ3n) is 3.15. The van der Waals surface area contributed by atoms with Gasteiger partial charge in [0.2, 0.25) is 5.82 Å². The molecule has 0 aliphatic heterocycles. The molecule has 4 heteroatoms. The summed E-state index contributed by atoms with van der Waals surface area (Å²) >= 11 is 0. The summed E-state index contributed by atoms with van der Waals surface area (Å²) in [7, 11) is 0. The van der Waals surface area contributed by atoms with E-state index in [1.165, 1.54) is 11.1 Å². The first-order chi connectivity index (χ1) is 9.40. The Morgan fingerprint density at radius 2 is 2.10 bits per heavy atom. The molecule has 0 saturated carbocycles. The molecule has 104 valence electrons. The SMILES string of the molecule is Cc1cc(-n2ccnc2C#N)ccc1CNC(C)(C)C. The number of benzene rings is 1. The lowest BCUT2D eigenvalue weighted by molar-refractivity contribution is 0.424. The van der Waals surface area contributed by atoms with Crippen LogP contribution in [0.3, 0.4) is 0 Å². The van der Waals surface area contributed by atoms with Crippen molar-refractivity contribution in [3.05, 3.63) is 47.5 Å². The molecule has 0 aliphatic carbocycles. The van der Waals surface area contributed by atoms with Crippen LogP contribution in [0.4, 0.5) is 0 Å². The van der Waals surface area contributed by atoms with Crippen molar-refractivity contribution < 1.29 is 0 Å². The van der Waals surface area contributed by atoms with Crippen LogP contribution >= 0.6 is 0 Å². The summed E-state index contributed by atoms with van der Waals surface area (Å²) in [6, 6.07) is 8.30. The number of aromatic nitrogens is 2. The van der Waals surface area contributed by atoms with Gasteiger partial charge in [-0.2, -0.15) is 5.26 Å².